The van der Waals surface area contributed by atoms with Crippen LogP contribution in [0.5, 0.6) is 5.75 Å². The Morgan fingerprint density at radius 2 is 1.63 bits per heavy atom. The predicted octanol–water partition coefficient (Wildman–Crippen LogP) is 3.36. The summed E-state index contributed by atoms with van der Waals surface area (Å²) in [5.41, 5.74) is 15.2. The van der Waals surface area contributed by atoms with Gasteiger partial charge in [0, 0.05) is 12.2 Å². The minimum Gasteiger partial charge on any atom is -0.489 e. The number of nitrogens with one attached hydrogen (secondary N) is 1. The number of rotatable bonds is 7. The van der Waals surface area contributed by atoms with Gasteiger partial charge in [-0.1, -0.05) is 54.6 Å². The van der Waals surface area contributed by atoms with Gasteiger partial charge >= 0.3 is 0 Å². The van der Waals surface area contributed by atoms with E-state index in [2.05, 4.69) is 5.32 Å². The van der Waals surface area contributed by atoms with Crippen molar-refractivity contribution in [3.63, 3.8) is 0 Å². The van der Waals surface area contributed by atoms with Crippen LogP contribution >= 0.6 is 0 Å². The van der Waals surface area contributed by atoms with E-state index in [0.717, 1.165) is 22.4 Å². The fourth-order valence-corrected chi connectivity index (χ4v) is 2.66. The summed E-state index contributed by atoms with van der Waals surface area (Å²) in [5.74, 6) is 0.452. The van der Waals surface area contributed by atoms with Gasteiger partial charge in [-0.2, -0.15) is 0 Å². The summed E-state index contributed by atoms with van der Waals surface area (Å²) in [4.78, 5) is 12.4. The molecule has 0 saturated carbocycles. The van der Waals surface area contributed by atoms with Crippen molar-refractivity contribution >= 4 is 11.6 Å². The van der Waals surface area contributed by atoms with E-state index in [1.165, 1.54) is 0 Å². The minimum atomic E-state index is -0.769. The Hall–Kier alpha value is -3.15. The smallest absolute Gasteiger partial charge is 0.245 e. The predicted molar refractivity (Wildman–Crippen MR) is 107 cm³/mol. The molecule has 0 heterocycles. The third kappa shape index (κ3) is 5.17. The van der Waals surface area contributed by atoms with Gasteiger partial charge in [-0.25, -0.2) is 0 Å². The van der Waals surface area contributed by atoms with Gasteiger partial charge in [0.1, 0.15) is 18.4 Å². The molecule has 3 aromatic rings. The van der Waals surface area contributed by atoms with E-state index in [4.69, 9.17) is 16.2 Å². The zero-order valence-electron chi connectivity index (χ0n) is 15.0. The molecule has 5 heteroatoms. The lowest BCUT2D eigenvalue weighted by molar-refractivity contribution is -0.117. The van der Waals surface area contributed by atoms with E-state index in [0.29, 0.717) is 18.8 Å². The molecule has 1 atom stereocenters. The molecule has 27 heavy (non-hydrogen) atoms. The van der Waals surface area contributed by atoms with Gasteiger partial charge in [0.2, 0.25) is 5.91 Å². The van der Waals surface area contributed by atoms with E-state index in [-0.39, 0.29) is 5.91 Å². The molecule has 0 aliphatic rings. The third-order valence-electron chi connectivity index (χ3n) is 4.20. The molecule has 5 nitrogen and oxygen atoms in total. The highest BCUT2D eigenvalue weighted by atomic mass is 16.5. The highest BCUT2D eigenvalue weighted by molar-refractivity contribution is 5.95. The van der Waals surface area contributed by atoms with Gasteiger partial charge in [-0.3, -0.25) is 4.79 Å². The summed E-state index contributed by atoms with van der Waals surface area (Å²) in [6.45, 7) is 0.907. The molecule has 1 amide bonds. The topological polar surface area (TPSA) is 90.4 Å². The zero-order chi connectivity index (χ0) is 19.1. The number of amides is 1. The van der Waals surface area contributed by atoms with Crippen molar-refractivity contribution < 1.29 is 9.53 Å². The number of hydrogen-bond acceptors (Lipinski definition) is 4. The zero-order valence-corrected chi connectivity index (χ0v) is 15.0. The van der Waals surface area contributed by atoms with Crippen LogP contribution in [-0.2, 0) is 17.9 Å². The van der Waals surface area contributed by atoms with Crippen molar-refractivity contribution in [2.24, 2.45) is 11.5 Å². The van der Waals surface area contributed by atoms with E-state index in [9.17, 15) is 4.79 Å². The van der Waals surface area contributed by atoms with Gasteiger partial charge in [0.15, 0.2) is 0 Å². The second-order valence-corrected chi connectivity index (χ2v) is 6.21. The maximum atomic E-state index is 12.4. The average Bonchev–Trinajstić information content (AvgIpc) is 2.73. The molecule has 0 aliphatic heterocycles. The van der Waals surface area contributed by atoms with E-state index < -0.39 is 6.04 Å². The van der Waals surface area contributed by atoms with Gasteiger partial charge in [-0.05, 0) is 41.0 Å². The number of anilines is 1. The second-order valence-electron chi connectivity index (χ2n) is 6.21. The molecule has 138 valence electrons. The Morgan fingerprint density at radius 1 is 0.926 bits per heavy atom. The number of ether oxygens (including phenoxy) is 1. The molecule has 0 aliphatic carbocycles. The van der Waals surface area contributed by atoms with Crippen molar-refractivity contribution in [2.45, 2.75) is 19.2 Å². The van der Waals surface area contributed by atoms with Crippen LogP contribution in [0.1, 0.15) is 22.7 Å². The fraction of sp³-hybridized carbons (Fsp3) is 0.136. The Morgan fingerprint density at radius 3 is 2.33 bits per heavy atom. The highest BCUT2D eigenvalue weighted by Gasteiger charge is 2.16. The van der Waals surface area contributed by atoms with Gasteiger partial charge < -0.3 is 21.5 Å². The Labute approximate surface area is 159 Å². The Balaban J connectivity index is 1.59. The van der Waals surface area contributed by atoms with Gasteiger partial charge in [0.05, 0.1) is 0 Å². The van der Waals surface area contributed by atoms with Gasteiger partial charge in [0.25, 0.3) is 0 Å². The standard InChI is InChI=1S/C22H23N3O2/c23-14-17-7-4-8-19(13-17)25-22(26)21(24)18-9-11-20(12-10-18)27-15-16-5-2-1-3-6-16/h1-13,21H,14-15,23-24H2,(H,25,26)/t21-/m0/s1. The van der Waals surface area contributed by atoms with Crippen molar-refractivity contribution in [3.05, 3.63) is 95.6 Å². The molecule has 3 aromatic carbocycles. The third-order valence-corrected chi connectivity index (χ3v) is 4.20. The summed E-state index contributed by atoms with van der Waals surface area (Å²) < 4.78 is 5.76. The molecule has 0 bridgehead atoms. The van der Waals surface area contributed by atoms with Crippen LogP contribution in [0, 0.1) is 0 Å². The largest absolute Gasteiger partial charge is 0.489 e. The lowest BCUT2D eigenvalue weighted by Gasteiger charge is -2.14. The van der Waals surface area contributed by atoms with Crippen LogP contribution in [-0.4, -0.2) is 5.91 Å². The molecule has 3 rings (SSSR count). The summed E-state index contributed by atoms with van der Waals surface area (Å²) in [6.07, 6.45) is 0. The van der Waals surface area contributed by atoms with E-state index in [1.54, 1.807) is 12.1 Å². The lowest BCUT2D eigenvalue weighted by Crippen LogP contribution is -2.27. The lowest BCUT2D eigenvalue weighted by atomic mass is 10.1. The van der Waals surface area contributed by atoms with Crippen LogP contribution in [0.4, 0.5) is 5.69 Å². The fourth-order valence-electron chi connectivity index (χ4n) is 2.66. The summed E-state index contributed by atoms with van der Waals surface area (Å²) in [5, 5.41) is 2.83. The molecular weight excluding hydrogens is 338 g/mol. The Bertz CT molecular complexity index is 880. The number of carbonyl (C=O) groups is 1. The van der Waals surface area contributed by atoms with Crippen molar-refractivity contribution in [3.8, 4) is 5.75 Å². The number of carbonyl (C=O) groups excluding carboxylic acids is 1. The normalized spacial score (nSPS) is 11.6. The summed E-state index contributed by atoms with van der Waals surface area (Å²) in [6, 6.07) is 23.8. The first kappa shape index (κ1) is 18.6. The van der Waals surface area contributed by atoms with E-state index >= 15 is 0 Å². The SMILES string of the molecule is NCc1cccc(NC(=O)[C@@H](N)c2ccc(OCc3ccccc3)cc2)c1. The monoisotopic (exact) mass is 361 g/mol. The van der Waals surface area contributed by atoms with Crippen LogP contribution in [0.3, 0.4) is 0 Å². The maximum Gasteiger partial charge on any atom is 0.245 e. The van der Waals surface area contributed by atoms with Crippen LogP contribution in [0.25, 0.3) is 0 Å². The highest BCUT2D eigenvalue weighted by Crippen LogP contribution is 2.19. The molecule has 0 aromatic heterocycles. The number of benzene rings is 3. The van der Waals surface area contributed by atoms with Crippen molar-refractivity contribution in [1.29, 1.82) is 0 Å². The number of hydrogen-bond donors (Lipinski definition) is 3. The molecule has 0 spiro atoms. The molecule has 0 unspecified atom stereocenters. The first-order chi connectivity index (χ1) is 13.2. The van der Waals surface area contributed by atoms with Gasteiger partial charge in [-0.15, -0.1) is 0 Å². The first-order valence-electron chi connectivity index (χ1n) is 8.78. The van der Waals surface area contributed by atoms with Crippen molar-refractivity contribution in [2.75, 3.05) is 5.32 Å². The molecule has 0 saturated heterocycles. The van der Waals surface area contributed by atoms with Crippen molar-refractivity contribution in [1.82, 2.24) is 0 Å². The Kier molecular flexibility index (Phi) is 6.20. The molecule has 0 radical (unpaired) electrons. The summed E-state index contributed by atoms with van der Waals surface area (Å²) >= 11 is 0. The number of nitrogens with two attached hydrogens (primary N) is 2. The second kappa shape index (κ2) is 8.98. The minimum absolute atomic E-state index is 0.276. The van der Waals surface area contributed by atoms with Crippen LogP contribution < -0.4 is 21.5 Å². The average molecular weight is 361 g/mol. The van der Waals surface area contributed by atoms with Crippen LogP contribution in [0.15, 0.2) is 78.9 Å². The molecule has 5 N–H and O–H groups in total. The molecular formula is C22H23N3O2. The summed E-state index contributed by atoms with van der Waals surface area (Å²) in [7, 11) is 0. The van der Waals surface area contributed by atoms with E-state index in [1.807, 2.05) is 66.7 Å². The maximum absolute atomic E-state index is 12.4. The molecule has 0 fully saturated rings. The first-order valence-corrected chi connectivity index (χ1v) is 8.78. The van der Waals surface area contributed by atoms with Crippen LogP contribution in [0.2, 0.25) is 0 Å². The quantitative estimate of drug-likeness (QED) is 0.602.